The molecular weight excluding hydrogens is 366 g/mol. The number of hydrogen-bond donors (Lipinski definition) is 2. The number of anilines is 2. The SMILES string of the molecule is CC(=O)Nc1ccc(SCC(=O)Nc2cccn(C3CCOC3)c2=O)cc1. The van der Waals surface area contributed by atoms with Gasteiger partial charge in [0.05, 0.1) is 18.4 Å². The van der Waals surface area contributed by atoms with Gasteiger partial charge in [0.2, 0.25) is 11.8 Å². The predicted octanol–water partition coefficient (Wildman–Crippen LogP) is 2.50. The Labute approximate surface area is 161 Å². The molecule has 3 rings (SSSR count). The summed E-state index contributed by atoms with van der Waals surface area (Å²) < 4.78 is 6.95. The lowest BCUT2D eigenvalue weighted by atomic mass is 10.2. The number of rotatable bonds is 6. The van der Waals surface area contributed by atoms with Crippen LogP contribution in [0, 0.1) is 0 Å². The summed E-state index contributed by atoms with van der Waals surface area (Å²) in [6.07, 6.45) is 2.52. The van der Waals surface area contributed by atoms with Crippen molar-refractivity contribution in [2.45, 2.75) is 24.3 Å². The van der Waals surface area contributed by atoms with Crippen molar-refractivity contribution in [3.8, 4) is 0 Å². The Kier molecular flexibility index (Phi) is 6.31. The van der Waals surface area contributed by atoms with E-state index >= 15 is 0 Å². The summed E-state index contributed by atoms with van der Waals surface area (Å²) in [6, 6.07) is 10.6. The van der Waals surface area contributed by atoms with Gasteiger partial charge >= 0.3 is 0 Å². The molecule has 8 heteroatoms. The molecule has 27 heavy (non-hydrogen) atoms. The fraction of sp³-hybridized carbons (Fsp3) is 0.316. The molecule has 2 N–H and O–H groups in total. The molecule has 0 aliphatic carbocycles. The molecule has 0 radical (unpaired) electrons. The Hall–Kier alpha value is -2.58. The number of carbonyl (C=O) groups is 2. The molecule has 1 aromatic heterocycles. The number of nitrogens with one attached hydrogen (secondary N) is 2. The van der Waals surface area contributed by atoms with Gasteiger partial charge in [-0.05, 0) is 42.8 Å². The molecule has 0 saturated carbocycles. The van der Waals surface area contributed by atoms with Gasteiger partial charge in [-0.15, -0.1) is 11.8 Å². The Bertz CT molecular complexity index is 873. The number of ether oxygens (including phenoxy) is 1. The number of pyridine rings is 1. The third-order valence-electron chi connectivity index (χ3n) is 4.09. The first-order valence-electron chi connectivity index (χ1n) is 8.62. The molecule has 1 fully saturated rings. The van der Waals surface area contributed by atoms with Crippen LogP contribution in [0.2, 0.25) is 0 Å². The zero-order valence-electron chi connectivity index (χ0n) is 14.9. The van der Waals surface area contributed by atoms with Crippen molar-refractivity contribution in [2.75, 3.05) is 29.6 Å². The highest BCUT2D eigenvalue weighted by molar-refractivity contribution is 8.00. The van der Waals surface area contributed by atoms with Crippen LogP contribution in [0.5, 0.6) is 0 Å². The summed E-state index contributed by atoms with van der Waals surface area (Å²) >= 11 is 1.36. The fourth-order valence-electron chi connectivity index (χ4n) is 2.81. The first kappa shape index (κ1) is 19.2. The minimum atomic E-state index is -0.247. The Morgan fingerprint density at radius 1 is 1.22 bits per heavy atom. The topological polar surface area (TPSA) is 89.4 Å². The van der Waals surface area contributed by atoms with Crippen LogP contribution in [0.3, 0.4) is 0 Å². The van der Waals surface area contributed by atoms with Crippen LogP contribution in [-0.2, 0) is 14.3 Å². The Morgan fingerprint density at radius 3 is 2.67 bits per heavy atom. The minimum absolute atomic E-state index is 0.0193. The van der Waals surface area contributed by atoms with Crippen molar-refractivity contribution in [1.29, 1.82) is 0 Å². The summed E-state index contributed by atoms with van der Waals surface area (Å²) in [5.41, 5.74) is 0.763. The second-order valence-corrected chi connectivity index (χ2v) is 7.24. The molecule has 2 amide bonds. The molecule has 1 aliphatic heterocycles. The smallest absolute Gasteiger partial charge is 0.274 e. The zero-order chi connectivity index (χ0) is 19.2. The molecule has 1 atom stereocenters. The maximum absolute atomic E-state index is 12.5. The summed E-state index contributed by atoms with van der Waals surface area (Å²) in [7, 11) is 0. The van der Waals surface area contributed by atoms with E-state index in [1.54, 1.807) is 35.0 Å². The number of amides is 2. The van der Waals surface area contributed by atoms with E-state index < -0.39 is 0 Å². The van der Waals surface area contributed by atoms with Crippen LogP contribution in [-0.4, -0.2) is 35.3 Å². The standard InChI is InChI=1S/C19H21N3O4S/c1-13(23)20-14-4-6-16(7-5-14)27-12-18(24)21-17-3-2-9-22(19(17)25)15-8-10-26-11-15/h2-7,9,15H,8,10-12H2,1H3,(H,20,23)(H,21,24). The van der Waals surface area contributed by atoms with Crippen LogP contribution < -0.4 is 16.2 Å². The van der Waals surface area contributed by atoms with Gasteiger partial charge in [0.25, 0.3) is 5.56 Å². The van der Waals surface area contributed by atoms with Crippen molar-refractivity contribution >= 4 is 35.0 Å². The van der Waals surface area contributed by atoms with Gasteiger partial charge in [-0.25, -0.2) is 0 Å². The van der Waals surface area contributed by atoms with Gasteiger partial charge in [-0.3, -0.25) is 14.4 Å². The van der Waals surface area contributed by atoms with Gasteiger partial charge in [-0.1, -0.05) is 0 Å². The van der Waals surface area contributed by atoms with Crippen molar-refractivity contribution < 1.29 is 14.3 Å². The summed E-state index contributed by atoms with van der Waals surface area (Å²) in [4.78, 5) is 36.7. The van der Waals surface area contributed by atoms with E-state index in [1.165, 1.54) is 18.7 Å². The maximum Gasteiger partial charge on any atom is 0.274 e. The molecule has 1 aromatic carbocycles. The van der Waals surface area contributed by atoms with Crippen LogP contribution >= 0.6 is 11.8 Å². The monoisotopic (exact) mass is 387 g/mol. The van der Waals surface area contributed by atoms with Gasteiger partial charge < -0.3 is 19.9 Å². The molecule has 142 valence electrons. The minimum Gasteiger partial charge on any atom is -0.379 e. The van der Waals surface area contributed by atoms with Crippen molar-refractivity contribution in [3.63, 3.8) is 0 Å². The molecule has 2 aromatic rings. The van der Waals surface area contributed by atoms with Gasteiger partial charge in [0.15, 0.2) is 0 Å². The highest BCUT2D eigenvalue weighted by Crippen LogP contribution is 2.21. The highest BCUT2D eigenvalue weighted by atomic mass is 32.2. The zero-order valence-corrected chi connectivity index (χ0v) is 15.8. The largest absolute Gasteiger partial charge is 0.379 e. The molecule has 1 saturated heterocycles. The molecule has 1 unspecified atom stereocenters. The summed E-state index contributed by atoms with van der Waals surface area (Å²) in [5.74, 6) is -0.198. The number of benzene rings is 1. The number of carbonyl (C=O) groups excluding carboxylic acids is 2. The number of nitrogens with zero attached hydrogens (tertiary/aromatic N) is 1. The lowest BCUT2D eigenvalue weighted by molar-refractivity contribution is -0.114. The molecule has 7 nitrogen and oxygen atoms in total. The Balaban J connectivity index is 1.57. The number of aromatic nitrogens is 1. The fourth-order valence-corrected chi connectivity index (χ4v) is 3.51. The first-order chi connectivity index (χ1) is 13.0. The second-order valence-electron chi connectivity index (χ2n) is 6.19. The average Bonchev–Trinajstić information content (AvgIpc) is 3.17. The summed E-state index contributed by atoms with van der Waals surface area (Å²) in [5, 5.41) is 5.38. The lowest BCUT2D eigenvalue weighted by Crippen LogP contribution is -2.29. The van der Waals surface area contributed by atoms with Crippen molar-refractivity contribution in [1.82, 2.24) is 4.57 Å². The molecule has 1 aliphatic rings. The van der Waals surface area contributed by atoms with E-state index in [-0.39, 0.29) is 34.9 Å². The van der Waals surface area contributed by atoms with Crippen molar-refractivity contribution in [2.24, 2.45) is 0 Å². The van der Waals surface area contributed by atoms with E-state index in [4.69, 9.17) is 4.74 Å². The molecule has 2 heterocycles. The van der Waals surface area contributed by atoms with E-state index in [1.807, 2.05) is 12.1 Å². The first-order valence-corrected chi connectivity index (χ1v) is 9.60. The summed E-state index contributed by atoms with van der Waals surface area (Å²) in [6.45, 7) is 2.61. The van der Waals surface area contributed by atoms with E-state index in [2.05, 4.69) is 10.6 Å². The van der Waals surface area contributed by atoms with Crippen LogP contribution in [0.15, 0.2) is 52.3 Å². The predicted molar refractivity (Wildman–Crippen MR) is 105 cm³/mol. The number of thioether (sulfide) groups is 1. The molecule has 0 spiro atoms. The van der Waals surface area contributed by atoms with E-state index in [9.17, 15) is 14.4 Å². The van der Waals surface area contributed by atoms with Gasteiger partial charge in [0, 0.05) is 30.3 Å². The van der Waals surface area contributed by atoms with Gasteiger partial charge in [-0.2, -0.15) is 0 Å². The molecular formula is C19H21N3O4S. The number of hydrogen-bond acceptors (Lipinski definition) is 5. The second kappa shape index (κ2) is 8.88. The Morgan fingerprint density at radius 2 is 2.00 bits per heavy atom. The lowest BCUT2D eigenvalue weighted by Gasteiger charge is -2.13. The highest BCUT2D eigenvalue weighted by Gasteiger charge is 2.19. The molecule has 0 bridgehead atoms. The maximum atomic E-state index is 12.5. The third kappa shape index (κ3) is 5.21. The van der Waals surface area contributed by atoms with Gasteiger partial charge in [0.1, 0.15) is 5.69 Å². The van der Waals surface area contributed by atoms with E-state index in [0.717, 1.165) is 11.3 Å². The quantitative estimate of drug-likeness (QED) is 0.744. The average molecular weight is 387 g/mol. The van der Waals surface area contributed by atoms with Crippen LogP contribution in [0.25, 0.3) is 0 Å². The normalized spacial score (nSPS) is 16.1. The van der Waals surface area contributed by atoms with Crippen molar-refractivity contribution in [3.05, 3.63) is 52.9 Å². The van der Waals surface area contributed by atoms with E-state index in [0.29, 0.717) is 18.9 Å². The van der Waals surface area contributed by atoms with Crippen LogP contribution in [0.4, 0.5) is 11.4 Å². The van der Waals surface area contributed by atoms with Crippen LogP contribution in [0.1, 0.15) is 19.4 Å². The third-order valence-corrected chi connectivity index (χ3v) is 5.10.